The number of nitrogens with zero attached hydrogens (tertiary/aromatic N) is 2. The van der Waals surface area contributed by atoms with Crippen LogP contribution in [-0.4, -0.2) is 22.0 Å². The van der Waals surface area contributed by atoms with E-state index in [1.54, 1.807) is 48.5 Å². The van der Waals surface area contributed by atoms with Gasteiger partial charge in [0.05, 0.1) is 10.6 Å². The second-order valence-corrected chi connectivity index (χ2v) is 5.51. The molecule has 0 saturated carbocycles. The Balaban J connectivity index is 1.72. The van der Waals surface area contributed by atoms with Gasteiger partial charge in [0.15, 0.2) is 0 Å². The largest absolute Gasteiger partial charge is 0.412 e. The first-order valence-electron chi connectivity index (χ1n) is 7.30. The third-order valence-electron chi connectivity index (χ3n) is 3.19. The molecule has 1 aromatic heterocycles. The zero-order valence-electron chi connectivity index (χ0n) is 13.1. The zero-order valence-corrected chi connectivity index (χ0v) is 13.9. The van der Waals surface area contributed by atoms with E-state index in [0.29, 0.717) is 22.0 Å². The molecule has 3 aromatic rings. The molecule has 126 valence electrons. The van der Waals surface area contributed by atoms with Crippen molar-refractivity contribution in [1.29, 1.82) is 0 Å². The first kappa shape index (κ1) is 16.7. The topological polar surface area (TPSA) is 97.1 Å². The van der Waals surface area contributed by atoms with Gasteiger partial charge in [0.25, 0.3) is 0 Å². The van der Waals surface area contributed by atoms with E-state index in [-0.39, 0.29) is 17.7 Å². The molecule has 0 aliphatic rings. The Morgan fingerprint density at radius 1 is 0.960 bits per heavy atom. The number of rotatable bonds is 4. The summed E-state index contributed by atoms with van der Waals surface area (Å²) in [6, 6.07) is 13.6. The standard InChI is InChI=1S/C17H13ClN4O3/c1-10(23)19-11-6-8-12(9-7-11)20-15(24)17-22-21-16(25-17)13-4-2-3-5-14(13)18/h2-9H,1H3,(H,19,23)(H,20,24). The number of nitrogens with one attached hydrogen (secondary N) is 2. The maximum absolute atomic E-state index is 12.2. The van der Waals surface area contributed by atoms with E-state index in [1.807, 2.05) is 0 Å². The Hall–Kier alpha value is -3.19. The highest BCUT2D eigenvalue weighted by atomic mass is 35.5. The van der Waals surface area contributed by atoms with Crippen molar-refractivity contribution in [2.45, 2.75) is 6.92 Å². The Morgan fingerprint density at radius 2 is 1.60 bits per heavy atom. The highest BCUT2D eigenvalue weighted by Gasteiger charge is 2.17. The van der Waals surface area contributed by atoms with Crippen molar-refractivity contribution in [2.75, 3.05) is 10.6 Å². The fraction of sp³-hybridized carbons (Fsp3) is 0.0588. The van der Waals surface area contributed by atoms with Gasteiger partial charge in [0.2, 0.25) is 11.8 Å². The lowest BCUT2D eigenvalue weighted by Crippen LogP contribution is -2.12. The number of amides is 2. The summed E-state index contributed by atoms with van der Waals surface area (Å²) in [4.78, 5) is 23.2. The van der Waals surface area contributed by atoms with Crippen LogP contribution in [0.5, 0.6) is 0 Å². The van der Waals surface area contributed by atoms with Gasteiger partial charge in [-0.2, -0.15) is 0 Å². The van der Waals surface area contributed by atoms with Crippen molar-refractivity contribution in [3.63, 3.8) is 0 Å². The molecule has 2 aromatic carbocycles. The minimum atomic E-state index is -0.543. The Kier molecular flexibility index (Phi) is 4.76. The molecule has 0 bridgehead atoms. The third-order valence-corrected chi connectivity index (χ3v) is 3.52. The second kappa shape index (κ2) is 7.14. The van der Waals surface area contributed by atoms with Gasteiger partial charge in [-0.15, -0.1) is 10.2 Å². The quantitative estimate of drug-likeness (QED) is 0.744. The van der Waals surface area contributed by atoms with E-state index in [9.17, 15) is 9.59 Å². The summed E-state index contributed by atoms with van der Waals surface area (Å²) in [6.07, 6.45) is 0. The molecule has 3 rings (SSSR count). The highest BCUT2D eigenvalue weighted by molar-refractivity contribution is 6.33. The van der Waals surface area contributed by atoms with Crippen LogP contribution in [0.25, 0.3) is 11.5 Å². The van der Waals surface area contributed by atoms with Crippen molar-refractivity contribution >= 4 is 34.8 Å². The molecule has 8 heteroatoms. The summed E-state index contributed by atoms with van der Waals surface area (Å²) < 4.78 is 5.39. The molecule has 0 aliphatic heterocycles. The maximum Gasteiger partial charge on any atom is 0.313 e. The first-order chi connectivity index (χ1) is 12.0. The van der Waals surface area contributed by atoms with Crippen LogP contribution in [0.2, 0.25) is 5.02 Å². The summed E-state index contributed by atoms with van der Waals surface area (Å²) in [5, 5.41) is 13.3. The highest BCUT2D eigenvalue weighted by Crippen LogP contribution is 2.26. The molecule has 0 radical (unpaired) electrons. The van der Waals surface area contributed by atoms with Gasteiger partial charge in [-0.1, -0.05) is 23.7 Å². The zero-order chi connectivity index (χ0) is 17.8. The van der Waals surface area contributed by atoms with Crippen molar-refractivity contribution in [1.82, 2.24) is 10.2 Å². The smallest absolute Gasteiger partial charge is 0.313 e. The van der Waals surface area contributed by atoms with E-state index in [0.717, 1.165) is 0 Å². The molecule has 0 saturated heterocycles. The number of anilines is 2. The van der Waals surface area contributed by atoms with Gasteiger partial charge in [-0.3, -0.25) is 9.59 Å². The van der Waals surface area contributed by atoms with Crippen molar-refractivity contribution in [3.05, 3.63) is 59.4 Å². The van der Waals surface area contributed by atoms with Crippen molar-refractivity contribution in [3.8, 4) is 11.5 Å². The Morgan fingerprint density at radius 3 is 2.24 bits per heavy atom. The van der Waals surface area contributed by atoms with Gasteiger partial charge in [-0.25, -0.2) is 0 Å². The number of benzene rings is 2. The normalized spacial score (nSPS) is 10.3. The van der Waals surface area contributed by atoms with E-state index < -0.39 is 5.91 Å². The van der Waals surface area contributed by atoms with Gasteiger partial charge < -0.3 is 15.1 Å². The lowest BCUT2D eigenvalue weighted by atomic mass is 10.2. The summed E-state index contributed by atoms with van der Waals surface area (Å²) in [7, 11) is 0. The van der Waals surface area contributed by atoms with Gasteiger partial charge in [-0.05, 0) is 36.4 Å². The summed E-state index contributed by atoms with van der Waals surface area (Å²) >= 11 is 6.07. The summed E-state index contributed by atoms with van der Waals surface area (Å²) in [5.41, 5.74) is 1.70. The van der Waals surface area contributed by atoms with Crippen LogP contribution in [0, 0.1) is 0 Å². The Bertz CT molecular complexity index is 922. The van der Waals surface area contributed by atoms with Gasteiger partial charge in [0, 0.05) is 18.3 Å². The predicted octanol–water partition coefficient (Wildman–Crippen LogP) is 3.60. The summed E-state index contributed by atoms with van der Waals surface area (Å²) in [5.74, 6) is -0.731. The molecule has 0 spiro atoms. The number of halogens is 1. The van der Waals surface area contributed by atoms with E-state index in [2.05, 4.69) is 20.8 Å². The number of carbonyl (C=O) groups is 2. The van der Waals surface area contributed by atoms with Crippen LogP contribution in [0.15, 0.2) is 52.9 Å². The average molecular weight is 357 g/mol. The van der Waals surface area contributed by atoms with Crippen LogP contribution in [0.1, 0.15) is 17.6 Å². The number of hydrogen-bond donors (Lipinski definition) is 2. The second-order valence-electron chi connectivity index (χ2n) is 5.10. The number of hydrogen-bond acceptors (Lipinski definition) is 5. The lowest BCUT2D eigenvalue weighted by molar-refractivity contribution is -0.114. The molecular weight excluding hydrogens is 344 g/mol. The molecule has 7 nitrogen and oxygen atoms in total. The van der Waals surface area contributed by atoms with E-state index in [1.165, 1.54) is 6.92 Å². The van der Waals surface area contributed by atoms with Gasteiger partial charge in [0.1, 0.15) is 0 Å². The van der Waals surface area contributed by atoms with E-state index >= 15 is 0 Å². The SMILES string of the molecule is CC(=O)Nc1ccc(NC(=O)c2nnc(-c3ccccc3Cl)o2)cc1. The predicted molar refractivity (Wildman–Crippen MR) is 93.4 cm³/mol. The molecule has 0 fully saturated rings. The van der Waals surface area contributed by atoms with Crippen molar-refractivity contribution < 1.29 is 14.0 Å². The lowest BCUT2D eigenvalue weighted by Gasteiger charge is -2.05. The fourth-order valence-electron chi connectivity index (χ4n) is 2.08. The first-order valence-corrected chi connectivity index (χ1v) is 7.68. The summed E-state index contributed by atoms with van der Waals surface area (Å²) in [6.45, 7) is 1.42. The fourth-order valence-corrected chi connectivity index (χ4v) is 2.30. The molecule has 2 N–H and O–H groups in total. The minimum Gasteiger partial charge on any atom is -0.412 e. The van der Waals surface area contributed by atoms with Crippen LogP contribution in [0.4, 0.5) is 11.4 Å². The average Bonchev–Trinajstić information content (AvgIpc) is 3.06. The molecular formula is C17H13ClN4O3. The van der Waals surface area contributed by atoms with E-state index in [4.69, 9.17) is 16.0 Å². The van der Waals surface area contributed by atoms with Crippen molar-refractivity contribution in [2.24, 2.45) is 0 Å². The molecule has 1 heterocycles. The van der Waals surface area contributed by atoms with Crippen LogP contribution < -0.4 is 10.6 Å². The van der Waals surface area contributed by atoms with Crippen LogP contribution in [0.3, 0.4) is 0 Å². The number of carbonyl (C=O) groups excluding carboxylic acids is 2. The number of aromatic nitrogens is 2. The molecule has 0 atom stereocenters. The van der Waals surface area contributed by atoms with Gasteiger partial charge >= 0.3 is 11.8 Å². The Labute approximate surface area is 148 Å². The van der Waals surface area contributed by atoms with Crippen LogP contribution >= 0.6 is 11.6 Å². The molecule has 0 unspecified atom stereocenters. The minimum absolute atomic E-state index is 0.164. The molecule has 25 heavy (non-hydrogen) atoms. The monoisotopic (exact) mass is 356 g/mol. The molecule has 2 amide bonds. The molecule has 0 aliphatic carbocycles. The van der Waals surface area contributed by atoms with Crippen LogP contribution in [-0.2, 0) is 4.79 Å². The third kappa shape index (κ3) is 4.02. The maximum atomic E-state index is 12.2.